The number of aliphatic hydroxyl groups is 2. The molecule has 0 aromatic carbocycles. The molecular weight excluding hydrogens is 372 g/mol. The van der Waals surface area contributed by atoms with E-state index in [9.17, 15) is 34.5 Å². The first kappa shape index (κ1) is 23.8. The lowest BCUT2D eigenvalue weighted by Gasteiger charge is -2.30. The molecule has 7 N–H and O–H groups in total. The lowest BCUT2D eigenvalue weighted by atomic mass is 10.0. The number of carboxylic acids is 1. The van der Waals surface area contributed by atoms with Gasteiger partial charge in [-0.05, 0) is 25.7 Å². The molecule has 3 amide bonds. The first-order chi connectivity index (χ1) is 13.0. The topological polar surface area (TPSA) is 182 Å². The largest absolute Gasteiger partial charge is 0.480 e. The maximum atomic E-state index is 12.8. The van der Waals surface area contributed by atoms with Gasteiger partial charge in [-0.1, -0.05) is 13.8 Å². The number of hydrogen-bond donors (Lipinski definition) is 6. The summed E-state index contributed by atoms with van der Waals surface area (Å²) in [7, 11) is 0. The lowest BCUT2D eigenvalue weighted by Crippen LogP contribution is -2.60. The second-order valence-electron chi connectivity index (χ2n) is 7.27. The predicted octanol–water partition coefficient (Wildman–Crippen LogP) is -2.61. The Hall–Kier alpha value is -2.24. The minimum absolute atomic E-state index is 0.276. The molecule has 1 aliphatic heterocycles. The molecule has 11 nitrogen and oxygen atoms in total. The Morgan fingerprint density at radius 3 is 2.21 bits per heavy atom. The molecule has 1 fully saturated rings. The molecular formula is C17H30N4O7. The molecule has 0 saturated carbocycles. The summed E-state index contributed by atoms with van der Waals surface area (Å²) in [6, 6.07) is -4.63. The Labute approximate surface area is 163 Å². The van der Waals surface area contributed by atoms with Gasteiger partial charge in [0, 0.05) is 6.54 Å². The zero-order valence-electron chi connectivity index (χ0n) is 16.3. The van der Waals surface area contributed by atoms with Crippen LogP contribution in [-0.4, -0.2) is 87.3 Å². The smallest absolute Gasteiger partial charge is 0.326 e. The zero-order valence-corrected chi connectivity index (χ0v) is 16.3. The Morgan fingerprint density at radius 2 is 1.75 bits per heavy atom. The minimum Gasteiger partial charge on any atom is -0.480 e. The van der Waals surface area contributed by atoms with Gasteiger partial charge in [-0.15, -0.1) is 0 Å². The van der Waals surface area contributed by atoms with Crippen molar-refractivity contribution in [2.24, 2.45) is 11.7 Å². The van der Waals surface area contributed by atoms with Crippen molar-refractivity contribution in [1.29, 1.82) is 0 Å². The van der Waals surface area contributed by atoms with Gasteiger partial charge in [-0.2, -0.15) is 0 Å². The molecule has 0 aromatic heterocycles. The minimum atomic E-state index is -1.37. The fraction of sp³-hybridized carbons (Fsp3) is 0.765. The summed E-state index contributed by atoms with van der Waals surface area (Å²) in [6.45, 7) is 4.21. The number of carboxylic acid groups (broad SMARTS) is 1. The fourth-order valence-corrected chi connectivity index (χ4v) is 2.91. The molecule has 28 heavy (non-hydrogen) atoms. The number of likely N-dealkylation sites (tertiary alicyclic amines) is 1. The van der Waals surface area contributed by atoms with E-state index >= 15 is 0 Å². The maximum Gasteiger partial charge on any atom is 0.326 e. The molecule has 1 heterocycles. The van der Waals surface area contributed by atoms with E-state index in [1.54, 1.807) is 13.8 Å². The third-order valence-electron chi connectivity index (χ3n) is 4.69. The van der Waals surface area contributed by atoms with Gasteiger partial charge in [0.05, 0.1) is 12.7 Å². The van der Waals surface area contributed by atoms with E-state index in [4.69, 9.17) is 5.73 Å². The van der Waals surface area contributed by atoms with Crippen LogP contribution >= 0.6 is 0 Å². The van der Waals surface area contributed by atoms with Crippen LogP contribution in [-0.2, 0) is 19.2 Å². The lowest BCUT2D eigenvalue weighted by molar-refractivity contribution is -0.150. The SMILES string of the molecule is CC(C)C(NC(=O)C(CO)NC(=O)C(N)C(C)O)C(=O)N1CCCC1C(=O)O. The van der Waals surface area contributed by atoms with Crippen LogP contribution in [0, 0.1) is 5.92 Å². The highest BCUT2D eigenvalue weighted by Crippen LogP contribution is 2.20. The van der Waals surface area contributed by atoms with Gasteiger partial charge >= 0.3 is 5.97 Å². The molecule has 5 unspecified atom stereocenters. The first-order valence-corrected chi connectivity index (χ1v) is 9.19. The molecule has 1 saturated heterocycles. The number of carbonyl (C=O) groups excluding carboxylic acids is 3. The third kappa shape index (κ3) is 5.88. The van der Waals surface area contributed by atoms with E-state index in [1.807, 2.05) is 0 Å². The van der Waals surface area contributed by atoms with E-state index in [0.29, 0.717) is 12.8 Å². The van der Waals surface area contributed by atoms with Crippen molar-refractivity contribution in [2.45, 2.75) is 63.9 Å². The van der Waals surface area contributed by atoms with Crippen molar-refractivity contribution in [3.63, 3.8) is 0 Å². The van der Waals surface area contributed by atoms with Crippen molar-refractivity contribution in [1.82, 2.24) is 15.5 Å². The molecule has 11 heteroatoms. The summed E-state index contributed by atoms with van der Waals surface area (Å²) < 4.78 is 0. The van der Waals surface area contributed by atoms with Gasteiger partial charge in [0.25, 0.3) is 0 Å². The van der Waals surface area contributed by atoms with E-state index in [1.165, 1.54) is 11.8 Å². The van der Waals surface area contributed by atoms with Crippen molar-refractivity contribution in [2.75, 3.05) is 13.2 Å². The summed E-state index contributed by atoms with van der Waals surface area (Å²) >= 11 is 0. The normalized spacial score (nSPS) is 21.0. The number of nitrogens with zero attached hydrogens (tertiary/aromatic N) is 1. The van der Waals surface area contributed by atoms with Gasteiger partial charge in [0.2, 0.25) is 17.7 Å². The van der Waals surface area contributed by atoms with Gasteiger partial charge < -0.3 is 36.6 Å². The highest BCUT2D eigenvalue weighted by atomic mass is 16.4. The average Bonchev–Trinajstić information content (AvgIpc) is 3.12. The van der Waals surface area contributed by atoms with E-state index in [-0.39, 0.29) is 12.5 Å². The number of aliphatic hydroxyl groups excluding tert-OH is 2. The molecule has 0 bridgehead atoms. The highest BCUT2D eigenvalue weighted by Gasteiger charge is 2.39. The number of rotatable bonds is 9. The molecule has 0 radical (unpaired) electrons. The fourth-order valence-electron chi connectivity index (χ4n) is 2.91. The molecule has 5 atom stereocenters. The third-order valence-corrected chi connectivity index (χ3v) is 4.69. The van der Waals surface area contributed by atoms with Crippen LogP contribution in [0.2, 0.25) is 0 Å². The van der Waals surface area contributed by atoms with Gasteiger partial charge in [-0.25, -0.2) is 4.79 Å². The standard InChI is InChI=1S/C17H30N4O7/c1-8(2)13(16(26)21-6-4-5-11(21)17(27)28)20-14(24)10(7-22)19-15(25)12(18)9(3)23/h8-13,22-23H,4-7,18H2,1-3H3,(H,19,25)(H,20,24)(H,27,28). The van der Waals surface area contributed by atoms with Gasteiger partial charge in [-0.3, -0.25) is 14.4 Å². The van der Waals surface area contributed by atoms with Crippen LogP contribution in [0.15, 0.2) is 0 Å². The van der Waals surface area contributed by atoms with Crippen molar-refractivity contribution in [3.8, 4) is 0 Å². The van der Waals surface area contributed by atoms with Crippen LogP contribution in [0.5, 0.6) is 0 Å². The van der Waals surface area contributed by atoms with Crippen LogP contribution in [0.25, 0.3) is 0 Å². The second kappa shape index (κ2) is 10.3. The van der Waals surface area contributed by atoms with Crippen LogP contribution in [0.4, 0.5) is 0 Å². The molecule has 1 rings (SSSR count). The van der Waals surface area contributed by atoms with E-state index in [2.05, 4.69) is 10.6 Å². The number of nitrogens with two attached hydrogens (primary N) is 1. The summed E-state index contributed by atoms with van der Waals surface area (Å²) in [4.78, 5) is 49.8. The first-order valence-electron chi connectivity index (χ1n) is 9.19. The van der Waals surface area contributed by atoms with E-state index in [0.717, 1.165) is 0 Å². The van der Waals surface area contributed by atoms with Crippen LogP contribution < -0.4 is 16.4 Å². The van der Waals surface area contributed by atoms with Gasteiger partial charge in [0.15, 0.2) is 0 Å². The number of nitrogens with one attached hydrogen (secondary N) is 2. The van der Waals surface area contributed by atoms with Crippen molar-refractivity contribution in [3.05, 3.63) is 0 Å². The van der Waals surface area contributed by atoms with Crippen molar-refractivity contribution >= 4 is 23.7 Å². The van der Waals surface area contributed by atoms with Gasteiger partial charge in [0.1, 0.15) is 24.2 Å². The summed E-state index contributed by atoms with van der Waals surface area (Å²) in [5.74, 6) is -3.64. The Morgan fingerprint density at radius 1 is 1.14 bits per heavy atom. The van der Waals surface area contributed by atoms with E-state index < -0.39 is 60.6 Å². The predicted molar refractivity (Wildman–Crippen MR) is 97.8 cm³/mol. The summed E-state index contributed by atoms with van der Waals surface area (Å²) in [5, 5.41) is 32.7. The molecule has 0 aliphatic carbocycles. The zero-order chi connectivity index (χ0) is 21.6. The number of aliphatic carboxylic acids is 1. The Balaban J connectivity index is 2.86. The van der Waals surface area contributed by atoms with Crippen LogP contribution in [0.1, 0.15) is 33.6 Å². The van der Waals surface area contributed by atoms with Crippen molar-refractivity contribution < 1.29 is 34.5 Å². The Bertz CT molecular complexity index is 596. The number of carbonyl (C=O) groups is 4. The monoisotopic (exact) mass is 402 g/mol. The molecule has 0 aromatic rings. The second-order valence-corrected chi connectivity index (χ2v) is 7.27. The average molecular weight is 402 g/mol. The molecule has 1 aliphatic rings. The highest BCUT2D eigenvalue weighted by molar-refractivity contribution is 5.94. The number of amides is 3. The summed E-state index contributed by atoms with van der Waals surface area (Å²) in [5.41, 5.74) is 5.50. The molecule has 160 valence electrons. The Kier molecular flexibility index (Phi) is 8.79. The maximum absolute atomic E-state index is 12.8. The summed E-state index contributed by atoms with van der Waals surface area (Å²) in [6.07, 6.45) is -0.268. The van der Waals surface area contributed by atoms with Crippen LogP contribution in [0.3, 0.4) is 0 Å². The molecule has 0 spiro atoms. The number of hydrogen-bond acceptors (Lipinski definition) is 7. The quantitative estimate of drug-likeness (QED) is 0.242.